The van der Waals surface area contributed by atoms with Gasteiger partial charge in [0.15, 0.2) is 0 Å². The van der Waals surface area contributed by atoms with Gasteiger partial charge in [-0.15, -0.1) is 10.2 Å². The maximum atomic E-state index is 13.9. The summed E-state index contributed by atoms with van der Waals surface area (Å²) < 4.78 is 29.8. The maximum Gasteiger partial charge on any atom is 0.296 e. The summed E-state index contributed by atoms with van der Waals surface area (Å²) in [6.45, 7) is 7.86. The van der Waals surface area contributed by atoms with E-state index in [-0.39, 0.29) is 62.1 Å². The normalized spacial score (nSPS) is 15.4. The molecule has 1 fully saturated rings. The highest BCUT2D eigenvalue weighted by Gasteiger charge is 2.33. The van der Waals surface area contributed by atoms with Crippen LogP contribution in [-0.2, 0) is 11.3 Å². The Bertz CT molecular complexity index is 2690. The van der Waals surface area contributed by atoms with E-state index in [1.165, 1.54) is 39.0 Å². The first-order valence-electron chi connectivity index (χ1n) is 22.0. The molecule has 0 radical (unpaired) electrons. The Balaban J connectivity index is 1.02. The number of carbonyl (C=O) groups excluding carboxylic acids is 2. The zero-order valence-corrected chi connectivity index (χ0v) is 41.5. The average Bonchev–Trinajstić information content (AvgIpc) is 3.96. The van der Waals surface area contributed by atoms with E-state index in [1.54, 1.807) is 24.3 Å². The molecule has 6 heterocycles. The van der Waals surface area contributed by atoms with Gasteiger partial charge in [0, 0.05) is 40.3 Å². The summed E-state index contributed by atoms with van der Waals surface area (Å²) in [6, 6.07) is 6.75. The van der Waals surface area contributed by atoms with Crippen LogP contribution in [0.25, 0.3) is 22.3 Å². The first-order chi connectivity index (χ1) is 32.7. The number of nitrogens with one attached hydrogen (secondary N) is 2. The number of aromatic nitrogens is 8. The maximum absolute atomic E-state index is 13.9. The summed E-state index contributed by atoms with van der Waals surface area (Å²) in [5.41, 5.74) is 3.07. The smallest absolute Gasteiger partial charge is 0.296 e. The third-order valence-electron chi connectivity index (χ3n) is 11.3. The molecule has 360 valence electrons. The van der Waals surface area contributed by atoms with Gasteiger partial charge in [0.1, 0.15) is 34.0 Å². The lowest BCUT2D eigenvalue weighted by Gasteiger charge is -2.35. The predicted molar refractivity (Wildman–Crippen MR) is 259 cm³/mol. The number of anilines is 2. The van der Waals surface area contributed by atoms with Gasteiger partial charge < -0.3 is 28.8 Å². The number of methoxy groups -OCH3 is 2. The summed E-state index contributed by atoms with van der Waals surface area (Å²) in [6.07, 6.45) is 12.2. The van der Waals surface area contributed by atoms with Crippen molar-refractivity contribution >= 4 is 68.0 Å². The second-order valence-corrected chi connectivity index (χ2v) is 19.3. The number of rotatable bonds is 21. The van der Waals surface area contributed by atoms with Crippen LogP contribution >= 0.6 is 45.9 Å². The standard InChI is InChI=1S/C46H52Cl2N10O8S2/c1-7-8-9-10-29(66-45-58-56-43(68-45)53-40(59)34-19-49-25(2)15-30(34)32-17-38(47)51-21-36(32)62-5)24-64-23-27-16-31(33-18-39(48)52-22-37(33)63-6)35(20-50-27)41(60)54-42-55-57-44(67-42)65-28-13-11-26(12-14-28)46(3,4)61/h15-22,26,28-29,61H,7-14,23-24H2,1-6H3,(H,53,56,59)(H,54,55,60). The van der Waals surface area contributed by atoms with Gasteiger partial charge in [-0.25, -0.2) is 9.97 Å². The second kappa shape index (κ2) is 23.1. The van der Waals surface area contributed by atoms with Crippen molar-refractivity contribution < 1.29 is 38.4 Å². The Morgan fingerprint density at radius 2 is 1.34 bits per heavy atom. The third-order valence-corrected chi connectivity index (χ3v) is 13.2. The number of unbranched alkanes of at least 4 members (excludes halogenated alkanes) is 2. The minimum Gasteiger partial charge on any atom is -0.494 e. The molecule has 6 aromatic heterocycles. The fourth-order valence-corrected chi connectivity index (χ4v) is 9.37. The summed E-state index contributed by atoms with van der Waals surface area (Å²) >= 11 is 14.8. The fraction of sp³-hybridized carbons (Fsp3) is 0.435. The molecule has 3 N–H and O–H groups in total. The fourth-order valence-electron chi connectivity index (χ4n) is 7.74. The van der Waals surface area contributed by atoms with Gasteiger partial charge in [-0.05, 0) is 112 Å². The molecular formula is C46H52Cl2N10O8S2. The number of amides is 2. The number of nitrogens with zero attached hydrogens (tertiary/aromatic N) is 8. The Hall–Kier alpha value is -5.64. The van der Waals surface area contributed by atoms with Gasteiger partial charge in [0.25, 0.3) is 22.2 Å². The molecule has 0 aliphatic heterocycles. The quantitative estimate of drug-likeness (QED) is 0.0450. The Kier molecular flexibility index (Phi) is 17.1. The van der Waals surface area contributed by atoms with Gasteiger partial charge in [-0.1, -0.05) is 53.2 Å². The van der Waals surface area contributed by atoms with Gasteiger partial charge in [-0.2, -0.15) is 0 Å². The van der Waals surface area contributed by atoms with Crippen LogP contribution in [-0.4, -0.2) is 95.9 Å². The highest BCUT2D eigenvalue weighted by atomic mass is 35.5. The van der Waals surface area contributed by atoms with E-state index < -0.39 is 23.5 Å². The van der Waals surface area contributed by atoms with Gasteiger partial charge in [0.05, 0.1) is 62.2 Å². The molecule has 1 aliphatic rings. The highest BCUT2D eigenvalue weighted by Crippen LogP contribution is 2.38. The van der Waals surface area contributed by atoms with Crippen LogP contribution in [0.3, 0.4) is 0 Å². The Labute approximate surface area is 411 Å². The van der Waals surface area contributed by atoms with Crippen molar-refractivity contribution in [3.05, 3.63) is 81.9 Å². The number of aliphatic hydroxyl groups is 1. The summed E-state index contributed by atoms with van der Waals surface area (Å²) in [7, 11) is 3.02. The molecule has 7 rings (SSSR count). The summed E-state index contributed by atoms with van der Waals surface area (Å²) in [5.74, 6) is 0.0794. The van der Waals surface area contributed by atoms with E-state index in [9.17, 15) is 14.7 Å². The molecule has 22 heteroatoms. The molecule has 1 aliphatic carbocycles. The molecule has 0 aromatic carbocycles. The van der Waals surface area contributed by atoms with Crippen LogP contribution in [0, 0.1) is 12.8 Å². The SMILES string of the molecule is CCCCCC(COCc1cc(-c2cc(Cl)ncc2OC)c(C(=O)Nc2nnc(OC3CCC(C(C)(C)O)CC3)s2)cn1)Oc1nnc(NC(=O)c2cnc(C)cc2-c2cc(Cl)ncc2OC)s1. The molecule has 1 atom stereocenters. The third kappa shape index (κ3) is 13.1. The van der Waals surface area contributed by atoms with Crippen molar-refractivity contribution in [2.75, 3.05) is 31.5 Å². The second-order valence-electron chi connectivity index (χ2n) is 16.7. The van der Waals surface area contributed by atoms with Crippen molar-refractivity contribution in [2.24, 2.45) is 5.92 Å². The molecule has 0 spiro atoms. The number of aryl methyl sites for hydroxylation is 1. The van der Waals surface area contributed by atoms with E-state index in [2.05, 4.69) is 57.9 Å². The number of hydrogen-bond donors (Lipinski definition) is 3. The highest BCUT2D eigenvalue weighted by molar-refractivity contribution is 7.17. The molecule has 2 amide bonds. The summed E-state index contributed by atoms with van der Waals surface area (Å²) in [5, 5.41) is 34.3. The lowest BCUT2D eigenvalue weighted by molar-refractivity contribution is -0.0152. The van der Waals surface area contributed by atoms with Crippen molar-refractivity contribution in [1.82, 2.24) is 40.3 Å². The monoisotopic (exact) mass is 1010 g/mol. The molecule has 0 bridgehead atoms. The summed E-state index contributed by atoms with van der Waals surface area (Å²) in [4.78, 5) is 44.8. The van der Waals surface area contributed by atoms with Crippen molar-refractivity contribution in [2.45, 2.75) is 103 Å². The number of pyridine rings is 4. The van der Waals surface area contributed by atoms with E-state index in [0.717, 1.165) is 67.6 Å². The number of carbonyl (C=O) groups is 2. The van der Waals surface area contributed by atoms with Gasteiger partial charge in [-0.3, -0.25) is 30.2 Å². The van der Waals surface area contributed by atoms with Crippen LogP contribution in [0.4, 0.5) is 10.3 Å². The minimum absolute atomic E-state index is 0.0577. The average molecular weight is 1010 g/mol. The Morgan fingerprint density at radius 3 is 1.93 bits per heavy atom. The molecule has 0 saturated heterocycles. The van der Waals surface area contributed by atoms with E-state index in [4.69, 9.17) is 46.9 Å². The molecule has 6 aromatic rings. The van der Waals surface area contributed by atoms with Crippen LogP contribution < -0.4 is 29.6 Å². The largest absolute Gasteiger partial charge is 0.494 e. The van der Waals surface area contributed by atoms with Gasteiger partial charge in [0.2, 0.25) is 10.3 Å². The van der Waals surface area contributed by atoms with Gasteiger partial charge >= 0.3 is 0 Å². The molecule has 68 heavy (non-hydrogen) atoms. The van der Waals surface area contributed by atoms with E-state index >= 15 is 0 Å². The predicted octanol–water partition coefficient (Wildman–Crippen LogP) is 9.69. The number of halogens is 2. The first kappa shape index (κ1) is 50.2. The molecule has 1 unspecified atom stereocenters. The van der Waals surface area contributed by atoms with Crippen LogP contribution in [0.15, 0.2) is 49.1 Å². The molecule has 1 saturated carbocycles. The lowest BCUT2D eigenvalue weighted by atomic mass is 9.78. The van der Waals surface area contributed by atoms with Crippen molar-refractivity contribution in [3.8, 4) is 44.1 Å². The van der Waals surface area contributed by atoms with E-state index in [0.29, 0.717) is 56.8 Å². The number of ether oxygens (including phenoxy) is 5. The first-order valence-corrected chi connectivity index (χ1v) is 24.4. The van der Waals surface area contributed by atoms with Crippen molar-refractivity contribution in [1.29, 1.82) is 0 Å². The zero-order valence-electron chi connectivity index (χ0n) is 38.4. The molecular weight excluding hydrogens is 956 g/mol. The molecule has 18 nitrogen and oxygen atoms in total. The van der Waals surface area contributed by atoms with Crippen LogP contribution in [0.2, 0.25) is 10.3 Å². The Morgan fingerprint density at radius 1 is 0.765 bits per heavy atom. The number of hydrogen-bond acceptors (Lipinski definition) is 18. The van der Waals surface area contributed by atoms with Crippen LogP contribution in [0.1, 0.15) is 104 Å². The minimum atomic E-state index is -0.735. The van der Waals surface area contributed by atoms with E-state index in [1.807, 2.05) is 20.8 Å². The topological polar surface area (TPSA) is 228 Å². The lowest BCUT2D eigenvalue weighted by Crippen LogP contribution is -2.36. The van der Waals surface area contributed by atoms with Crippen molar-refractivity contribution in [3.63, 3.8) is 0 Å². The zero-order chi connectivity index (χ0) is 48.4. The van der Waals surface area contributed by atoms with Crippen LogP contribution in [0.5, 0.6) is 21.9 Å².